The van der Waals surface area contributed by atoms with E-state index in [0.717, 1.165) is 6.07 Å². The molecule has 4 nitrogen and oxygen atoms in total. The predicted octanol–water partition coefficient (Wildman–Crippen LogP) is 1.28. The Morgan fingerprint density at radius 3 is 2.50 bits per heavy atom. The van der Waals surface area contributed by atoms with E-state index in [0.29, 0.717) is 18.4 Å². The Bertz CT molecular complexity index is 536. The van der Waals surface area contributed by atoms with Gasteiger partial charge in [-0.2, -0.15) is 4.31 Å². The molecule has 1 aromatic rings. The third kappa shape index (κ3) is 2.55. The summed E-state index contributed by atoms with van der Waals surface area (Å²) in [6, 6.07) is 3.93. The molecule has 1 aliphatic rings. The van der Waals surface area contributed by atoms with Gasteiger partial charge in [-0.3, -0.25) is 0 Å². The summed E-state index contributed by atoms with van der Waals surface area (Å²) in [7, 11) is -3.64. The van der Waals surface area contributed by atoms with Crippen LogP contribution in [0.15, 0.2) is 23.1 Å². The maximum atomic E-state index is 13.4. The minimum Gasteiger partial charge on any atom is -0.393 e. The van der Waals surface area contributed by atoms with Crippen molar-refractivity contribution >= 4 is 10.0 Å². The van der Waals surface area contributed by atoms with E-state index in [1.54, 1.807) is 6.92 Å². The van der Waals surface area contributed by atoms with Gasteiger partial charge in [0, 0.05) is 13.1 Å². The fourth-order valence-corrected chi connectivity index (χ4v) is 3.45. The van der Waals surface area contributed by atoms with E-state index < -0.39 is 21.9 Å². The summed E-state index contributed by atoms with van der Waals surface area (Å²) in [6.07, 6.45) is 0.410. The maximum Gasteiger partial charge on any atom is 0.243 e. The molecule has 0 aromatic heterocycles. The number of hydrogen-bond donors (Lipinski definition) is 1. The Balaban J connectivity index is 2.27. The molecule has 2 rings (SSSR count). The average Bonchev–Trinajstić information content (AvgIpc) is 2.33. The molecule has 0 unspecified atom stereocenters. The molecule has 0 saturated carbocycles. The van der Waals surface area contributed by atoms with E-state index >= 15 is 0 Å². The van der Waals surface area contributed by atoms with Crippen LogP contribution >= 0.6 is 0 Å². The van der Waals surface area contributed by atoms with Crippen LogP contribution in [0.4, 0.5) is 4.39 Å². The molecular formula is C12H16FNO3S. The van der Waals surface area contributed by atoms with Crippen LogP contribution in [0.3, 0.4) is 0 Å². The van der Waals surface area contributed by atoms with Crippen molar-refractivity contribution in [2.24, 2.45) is 0 Å². The number of piperidine rings is 1. The fourth-order valence-electron chi connectivity index (χ4n) is 1.97. The number of rotatable bonds is 2. The molecule has 1 heterocycles. The van der Waals surface area contributed by atoms with E-state index in [1.807, 2.05) is 0 Å². The van der Waals surface area contributed by atoms with E-state index in [2.05, 4.69) is 0 Å². The second-order valence-electron chi connectivity index (χ2n) is 4.55. The van der Waals surface area contributed by atoms with Gasteiger partial charge >= 0.3 is 0 Å². The van der Waals surface area contributed by atoms with Crippen LogP contribution in [0.1, 0.15) is 18.4 Å². The van der Waals surface area contributed by atoms with Crippen LogP contribution in [0, 0.1) is 12.7 Å². The van der Waals surface area contributed by atoms with Crippen molar-refractivity contribution in [2.75, 3.05) is 13.1 Å². The third-order valence-corrected chi connectivity index (χ3v) is 5.10. The Morgan fingerprint density at radius 1 is 1.33 bits per heavy atom. The smallest absolute Gasteiger partial charge is 0.243 e. The SMILES string of the molecule is Cc1ccc(S(=O)(=O)N2CCC(O)CC2)cc1F. The number of aliphatic hydroxyl groups is 1. The molecule has 1 aromatic carbocycles. The van der Waals surface area contributed by atoms with Gasteiger partial charge in [0.2, 0.25) is 10.0 Å². The highest BCUT2D eigenvalue weighted by atomic mass is 32.2. The minimum absolute atomic E-state index is 0.0259. The van der Waals surface area contributed by atoms with Gasteiger partial charge in [0.25, 0.3) is 0 Å². The molecule has 1 fully saturated rings. The van der Waals surface area contributed by atoms with Crippen molar-refractivity contribution in [3.63, 3.8) is 0 Å². The molecule has 6 heteroatoms. The summed E-state index contributed by atoms with van der Waals surface area (Å²) >= 11 is 0. The first-order valence-corrected chi connectivity index (χ1v) is 7.29. The zero-order valence-corrected chi connectivity index (χ0v) is 11.0. The maximum absolute atomic E-state index is 13.4. The van der Waals surface area contributed by atoms with E-state index in [4.69, 9.17) is 0 Å². The number of aryl methyl sites for hydroxylation is 1. The van der Waals surface area contributed by atoms with Crippen LogP contribution < -0.4 is 0 Å². The number of sulfonamides is 1. The van der Waals surface area contributed by atoms with E-state index in [9.17, 15) is 17.9 Å². The molecule has 18 heavy (non-hydrogen) atoms. The summed E-state index contributed by atoms with van der Waals surface area (Å²) in [5, 5.41) is 9.36. The van der Waals surface area contributed by atoms with Crippen LogP contribution in [0.2, 0.25) is 0 Å². The molecule has 1 saturated heterocycles. The van der Waals surface area contributed by atoms with E-state index in [1.165, 1.54) is 16.4 Å². The summed E-state index contributed by atoms with van der Waals surface area (Å²) in [5.74, 6) is -0.520. The van der Waals surface area contributed by atoms with Gasteiger partial charge in [0.15, 0.2) is 0 Å². The third-order valence-electron chi connectivity index (χ3n) is 3.20. The molecule has 0 atom stereocenters. The number of aliphatic hydroxyl groups excluding tert-OH is 1. The lowest BCUT2D eigenvalue weighted by molar-refractivity contribution is 0.113. The summed E-state index contributed by atoms with van der Waals surface area (Å²) < 4.78 is 39.2. The lowest BCUT2D eigenvalue weighted by Gasteiger charge is -2.28. The van der Waals surface area contributed by atoms with Gasteiger partial charge in [-0.25, -0.2) is 12.8 Å². The second kappa shape index (κ2) is 4.95. The Hall–Kier alpha value is -0.980. The van der Waals surface area contributed by atoms with Gasteiger partial charge in [-0.05, 0) is 37.5 Å². The monoisotopic (exact) mass is 273 g/mol. The summed E-state index contributed by atoms with van der Waals surface area (Å²) in [4.78, 5) is -0.0259. The topological polar surface area (TPSA) is 57.6 Å². The van der Waals surface area contributed by atoms with Gasteiger partial charge in [0.1, 0.15) is 5.82 Å². The Morgan fingerprint density at radius 2 is 1.94 bits per heavy atom. The molecule has 0 radical (unpaired) electrons. The van der Waals surface area contributed by atoms with Gasteiger partial charge in [0.05, 0.1) is 11.0 Å². The Labute approximate surface area is 106 Å². The van der Waals surface area contributed by atoms with Gasteiger partial charge in [-0.1, -0.05) is 6.07 Å². The molecule has 1 aliphatic heterocycles. The van der Waals surface area contributed by atoms with Crippen molar-refractivity contribution in [3.05, 3.63) is 29.6 Å². The van der Waals surface area contributed by atoms with E-state index in [-0.39, 0.29) is 18.0 Å². The average molecular weight is 273 g/mol. The van der Waals surface area contributed by atoms with Crippen molar-refractivity contribution in [1.29, 1.82) is 0 Å². The standard InChI is InChI=1S/C12H16FNO3S/c1-9-2-3-11(8-12(9)13)18(16,17)14-6-4-10(15)5-7-14/h2-3,8,10,15H,4-7H2,1H3. The van der Waals surface area contributed by atoms with Crippen molar-refractivity contribution in [3.8, 4) is 0 Å². The number of halogens is 1. The summed E-state index contributed by atoms with van der Waals surface area (Å²) in [6.45, 7) is 2.14. The summed E-state index contributed by atoms with van der Waals surface area (Å²) in [5.41, 5.74) is 0.419. The Kier molecular flexibility index (Phi) is 3.70. The highest BCUT2D eigenvalue weighted by Gasteiger charge is 2.28. The molecule has 0 spiro atoms. The molecule has 0 amide bonds. The number of nitrogens with zero attached hydrogens (tertiary/aromatic N) is 1. The first-order valence-electron chi connectivity index (χ1n) is 5.85. The van der Waals surface area contributed by atoms with Gasteiger partial charge < -0.3 is 5.11 Å². The minimum atomic E-state index is -3.64. The highest BCUT2D eigenvalue weighted by Crippen LogP contribution is 2.22. The highest BCUT2D eigenvalue weighted by molar-refractivity contribution is 7.89. The van der Waals surface area contributed by atoms with Crippen LogP contribution in [0.5, 0.6) is 0 Å². The van der Waals surface area contributed by atoms with Crippen molar-refractivity contribution in [2.45, 2.75) is 30.8 Å². The quantitative estimate of drug-likeness (QED) is 0.883. The normalized spacial score (nSPS) is 19.1. The van der Waals surface area contributed by atoms with Crippen LogP contribution in [-0.2, 0) is 10.0 Å². The van der Waals surface area contributed by atoms with Gasteiger partial charge in [-0.15, -0.1) is 0 Å². The molecule has 100 valence electrons. The van der Waals surface area contributed by atoms with Crippen molar-refractivity contribution < 1.29 is 17.9 Å². The fraction of sp³-hybridized carbons (Fsp3) is 0.500. The number of benzene rings is 1. The number of hydrogen-bond acceptors (Lipinski definition) is 3. The zero-order valence-electron chi connectivity index (χ0n) is 10.1. The zero-order chi connectivity index (χ0) is 13.3. The van der Waals surface area contributed by atoms with Crippen LogP contribution in [-0.4, -0.2) is 37.0 Å². The lowest BCUT2D eigenvalue weighted by atomic mass is 10.1. The second-order valence-corrected chi connectivity index (χ2v) is 6.48. The lowest BCUT2D eigenvalue weighted by Crippen LogP contribution is -2.40. The van der Waals surface area contributed by atoms with Crippen LogP contribution in [0.25, 0.3) is 0 Å². The first kappa shape index (κ1) is 13.5. The molecular weight excluding hydrogens is 257 g/mol. The largest absolute Gasteiger partial charge is 0.393 e. The molecule has 0 bridgehead atoms. The van der Waals surface area contributed by atoms with Crippen molar-refractivity contribution in [1.82, 2.24) is 4.31 Å². The first-order chi connectivity index (χ1) is 8.41. The predicted molar refractivity (Wildman–Crippen MR) is 65.1 cm³/mol. The molecule has 1 N–H and O–H groups in total. The molecule has 0 aliphatic carbocycles.